The molecule has 0 heteroatoms. The first-order valence-corrected chi connectivity index (χ1v) is 5.86. The van der Waals surface area contributed by atoms with Crippen LogP contribution in [-0.2, 0) is 0 Å². The summed E-state index contributed by atoms with van der Waals surface area (Å²) in [4.78, 5) is 0. The van der Waals surface area contributed by atoms with E-state index in [9.17, 15) is 0 Å². The molecule has 0 amide bonds. The van der Waals surface area contributed by atoms with Crippen molar-refractivity contribution in [3.8, 4) is 0 Å². The largest absolute Gasteiger partial charge is 0.0625 e. The Hall–Kier alpha value is 0. The highest BCUT2D eigenvalue weighted by atomic mass is 14.3. The van der Waals surface area contributed by atoms with Crippen LogP contribution in [-0.4, -0.2) is 0 Å². The van der Waals surface area contributed by atoms with Crippen molar-refractivity contribution in [2.24, 2.45) is 17.8 Å². The van der Waals surface area contributed by atoms with Gasteiger partial charge in [0.05, 0.1) is 0 Å². The maximum Gasteiger partial charge on any atom is -0.0383 e. The molecule has 0 aliphatic heterocycles. The lowest BCUT2D eigenvalue weighted by molar-refractivity contribution is 0.256. The fraction of sp³-hybridized carbons (Fsp3) is 1.00. The van der Waals surface area contributed by atoms with Crippen LogP contribution >= 0.6 is 0 Å². The third-order valence-corrected chi connectivity index (χ3v) is 4.04. The molecule has 0 aromatic rings. The summed E-state index contributed by atoms with van der Waals surface area (Å²) < 4.78 is 0. The first kappa shape index (κ1) is 8.59. The molecule has 70 valence electrons. The van der Waals surface area contributed by atoms with Gasteiger partial charge in [-0.3, -0.25) is 0 Å². The maximum atomic E-state index is 2.46. The summed E-state index contributed by atoms with van der Waals surface area (Å²) >= 11 is 0. The SMILES string of the molecule is CC1CCCC[C@H]2CCC[C@H]2C1. The van der Waals surface area contributed by atoms with Crippen LogP contribution in [0.1, 0.15) is 58.3 Å². The van der Waals surface area contributed by atoms with Crippen molar-refractivity contribution in [3.63, 3.8) is 0 Å². The van der Waals surface area contributed by atoms with Gasteiger partial charge in [-0.25, -0.2) is 0 Å². The molecule has 0 aromatic carbocycles. The van der Waals surface area contributed by atoms with Crippen molar-refractivity contribution in [2.75, 3.05) is 0 Å². The molecule has 0 radical (unpaired) electrons. The molecule has 0 heterocycles. The van der Waals surface area contributed by atoms with Crippen LogP contribution in [0.15, 0.2) is 0 Å². The third-order valence-electron chi connectivity index (χ3n) is 4.04. The molecular formula is C12H22. The Labute approximate surface area is 76.7 Å². The van der Waals surface area contributed by atoms with Gasteiger partial charge in [0.2, 0.25) is 0 Å². The summed E-state index contributed by atoms with van der Waals surface area (Å²) in [5.41, 5.74) is 0. The van der Waals surface area contributed by atoms with E-state index in [1.165, 1.54) is 25.7 Å². The predicted molar refractivity (Wildman–Crippen MR) is 53.1 cm³/mol. The average molecular weight is 166 g/mol. The molecule has 12 heavy (non-hydrogen) atoms. The minimum absolute atomic E-state index is 1.02. The molecule has 1 unspecified atom stereocenters. The lowest BCUT2D eigenvalue weighted by Crippen LogP contribution is -2.14. The highest BCUT2D eigenvalue weighted by Gasteiger charge is 2.29. The van der Waals surface area contributed by atoms with Crippen molar-refractivity contribution >= 4 is 0 Å². The van der Waals surface area contributed by atoms with Gasteiger partial charge in [-0.2, -0.15) is 0 Å². The van der Waals surface area contributed by atoms with Gasteiger partial charge in [0.1, 0.15) is 0 Å². The number of rotatable bonds is 0. The smallest absolute Gasteiger partial charge is 0.0383 e. The Kier molecular flexibility index (Phi) is 2.73. The number of fused-ring (bicyclic) bond motifs is 1. The highest BCUT2D eigenvalue weighted by Crippen LogP contribution is 2.41. The highest BCUT2D eigenvalue weighted by molar-refractivity contribution is 4.80. The summed E-state index contributed by atoms with van der Waals surface area (Å²) in [7, 11) is 0. The predicted octanol–water partition coefficient (Wildman–Crippen LogP) is 4.00. The van der Waals surface area contributed by atoms with Crippen molar-refractivity contribution in [2.45, 2.75) is 58.3 Å². The van der Waals surface area contributed by atoms with Crippen molar-refractivity contribution in [3.05, 3.63) is 0 Å². The van der Waals surface area contributed by atoms with Crippen LogP contribution in [0.2, 0.25) is 0 Å². The Bertz CT molecular complexity index is 139. The molecule has 2 rings (SSSR count). The van der Waals surface area contributed by atoms with E-state index in [1.54, 1.807) is 25.7 Å². The van der Waals surface area contributed by atoms with E-state index in [-0.39, 0.29) is 0 Å². The van der Waals surface area contributed by atoms with E-state index < -0.39 is 0 Å². The Morgan fingerprint density at radius 1 is 0.750 bits per heavy atom. The minimum Gasteiger partial charge on any atom is -0.0625 e. The molecule has 0 nitrogen and oxygen atoms in total. The van der Waals surface area contributed by atoms with Gasteiger partial charge in [-0.05, 0) is 24.2 Å². The zero-order chi connectivity index (χ0) is 8.39. The normalized spacial score (nSPS) is 43.2. The Morgan fingerprint density at radius 3 is 2.33 bits per heavy atom. The van der Waals surface area contributed by atoms with Gasteiger partial charge in [0.25, 0.3) is 0 Å². The second-order valence-electron chi connectivity index (χ2n) is 5.08. The fourth-order valence-corrected chi connectivity index (χ4v) is 3.34. The summed E-state index contributed by atoms with van der Waals surface area (Å²) in [6.07, 6.45) is 12.3. The van der Waals surface area contributed by atoms with Crippen LogP contribution < -0.4 is 0 Å². The fourth-order valence-electron chi connectivity index (χ4n) is 3.34. The number of hydrogen-bond donors (Lipinski definition) is 0. The van der Waals surface area contributed by atoms with E-state index in [0.29, 0.717) is 0 Å². The van der Waals surface area contributed by atoms with Crippen molar-refractivity contribution < 1.29 is 0 Å². The van der Waals surface area contributed by atoms with Gasteiger partial charge in [-0.1, -0.05) is 51.9 Å². The second-order valence-corrected chi connectivity index (χ2v) is 5.08. The lowest BCUT2D eigenvalue weighted by Gasteiger charge is -2.26. The van der Waals surface area contributed by atoms with Gasteiger partial charge in [0.15, 0.2) is 0 Å². The molecule has 0 N–H and O–H groups in total. The van der Waals surface area contributed by atoms with Crippen LogP contribution in [0, 0.1) is 17.8 Å². The van der Waals surface area contributed by atoms with E-state index in [2.05, 4.69) is 6.92 Å². The molecule has 0 bridgehead atoms. The summed E-state index contributed by atoms with van der Waals surface area (Å²) in [6.45, 7) is 2.46. The van der Waals surface area contributed by atoms with Crippen LogP contribution in [0.3, 0.4) is 0 Å². The monoisotopic (exact) mass is 166 g/mol. The van der Waals surface area contributed by atoms with Crippen LogP contribution in [0.25, 0.3) is 0 Å². The van der Waals surface area contributed by atoms with Crippen LogP contribution in [0.5, 0.6) is 0 Å². The molecule has 2 aliphatic carbocycles. The Balaban J connectivity index is 1.94. The summed E-state index contributed by atoms with van der Waals surface area (Å²) in [6, 6.07) is 0. The second kappa shape index (κ2) is 3.81. The molecule has 0 spiro atoms. The van der Waals surface area contributed by atoms with Crippen molar-refractivity contribution in [1.29, 1.82) is 0 Å². The Morgan fingerprint density at radius 2 is 1.42 bits per heavy atom. The first-order valence-electron chi connectivity index (χ1n) is 5.86. The zero-order valence-electron chi connectivity index (χ0n) is 8.39. The maximum absolute atomic E-state index is 2.46. The standard InChI is InChI=1S/C12H22/c1-10-5-2-3-6-11-7-4-8-12(11)9-10/h10-12H,2-9H2,1H3/t10?,11-,12-/m0/s1. The quantitative estimate of drug-likeness (QED) is 0.510. The molecule has 3 atom stereocenters. The minimum atomic E-state index is 1.02. The van der Waals surface area contributed by atoms with E-state index in [1.807, 2.05) is 0 Å². The van der Waals surface area contributed by atoms with Crippen molar-refractivity contribution in [1.82, 2.24) is 0 Å². The summed E-state index contributed by atoms with van der Waals surface area (Å²) in [5.74, 6) is 3.28. The van der Waals surface area contributed by atoms with E-state index in [0.717, 1.165) is 17.8 Å². The van der Waals surface area contributed by atoms with Gasteiger partial charge in [-0.15, -0.1) is 0 Å². The van der Waals surface area contributed by atoms with Gasteiger partial charge in [0, 0.05) is 0 Å². The topological polar surface area (TPSA) is 0 Å². The van der Waals surface area contributed by atoms with E-state index in [4.69, 9.17) is 0 Å². The average Bonchev–Trinajstić information content (AvgIpc) is 2.42. The first-order chi connectivity index (χ1) is 5.86. The van der Waals surface area contributed by atoms with Gasteiger partial charge < -0.3 is 0 Å². The molecule has 2 fully saturated rings. The number of hydrogen-bond acceptors (Lipinski definition) is 0. The van der Waals surface area contributed by atoms with Gasteiger partial charge >= 0.3 is 0 Å². The lowest BCUT2D eigenvalue weighted by atomic mass is 9.80. The summed E-state index contributed by atoms with van der Waals surface area (Å²) in [5, 5.41) is 0. The molecule has 0 saturated heterocycles. The zero-order valence-corrected chi connectivity index (χ0v) is 8.39. The molecule has 2 aliphatic rings. The molecular weight excluding hydrogens is 144 g/mol. The van der Waals surface area contributed by atoms with Crippen LogP contribution in [0.4, 0.5) is 0 Å². The van der Waals surface area contributed by atoms with E-state index >= 15 is 0 Å². The molecule has 2 saturated carbocycles. The third kappa shape index (κ3) is 1.84. The molecule has 0 aromatic heterocycles.